The first kappa shape index (κ1) is 17.8. The van der Waals surface area contributed by atoms with Crippen molar-refractivity contribution in [3.8, 4) is 6.07 Å². The Bertz CT molecular complexity index is 343. The van der Waals surface area contributed by atoms with Crippen LogP contribution in [0.1, 0.15) is 13.3 Å². The van der Waals surface area contributed by atoms with Crippen LogP contribution in [0.15, 0.2) is 0 Å². The number of nitrogens with zero attached hydrogens (tertiary/aromatic N) is 2. The van der Waals surface area contributed by atoms with Crippen molar-refractivity contribution in [3.63, 3.8) is 0 Å². The Labute approximate surface area is 138 Å². The van der Waals surface area contributed by atoms with Crippen molar-refractivity contribution in [2.24, 2.45) is 0 Å². The standard InChI is InChI=1S/C11H18N2O4P.U/c1-4-11-8-13(14-2)9(7-15-11)10(11)17-18(3)16-6-5-12;/h7,9-10H,4,6,8H2,1-3H3;/q-1;/t9-,10-,11-,18?;/m1./s1. The third-order valence-corrected chi connectivity index (χ3v) is 4.45. The number of rotatable bonds is 6. The van der Waals surface area contributed by atoms with E-state index in [4.69, 9.17) is 23.9 Å². The number of hydrogen-bond donors (Lipinski definition) is 0. The Kier molecular flexibility index (Phi) is 7.21. The van der Waals surface area contributed by atoms with Crippen LogP contribution < -0.4 is 0 Å². The molecule has 0 aliphatic carbocycles. The molecule has 0 spiro atoms. The first-order valence-corrected chi connectivity index (χ1v) is 7.51. The maximum atomic E-state index is 8.49. The predicted molar refractivity (Wildman–Crippen MR) is 65.2 cm³/mol. The first-order valence-electron chi connectivity index (χ1n) is 5.89. The van der Waals surface area contributed by atoms with Crippen LogP contribution in [0.25, 0.3) is 0 Å². The predicted octanol–water partition coefficient (Wildman–Crippen LogP) is 1.44. The van der Waals surface area contributed by atoms with E-state index in [0.717, 1.165) is 6.42 Å². The van der Waals surface area contributed by atoms with Gasteiger partial charge < -0.3 is 18.6 Å². The maximum absolute atomic E-state index is 8.49. The van der Waals surface area contributed by atoms with E-state index in [-0.39, 0.29) is 55.5 Å². The molecular weight excluding hydrogens is 493 g/mol. The molecule has 2 fully saturated rings. The summed E-state index contributed by atoms with van der Waals surface area (Å²) in [6.45, 7) is 6.43. The molecule has 19 heavy (non-hydrogen) atoms. The van der Waals surface area contributed by atoms with E-state index < -0.39 is 8.38 Å². The van der Waals surface area contributed by atoms with Crippen molar-refractivity contribution in [2.75, 3.05) is 26.9 Å². The van der Waals surface area contributed by atoms with Gasteiger partial charge >= 0.3 is 0 Å². The fourth-order valence-corrected chi connectivity index (χ4v) is 3.36. The molecule has 2 bridgehead atoms. The van der Waals surface area contributed by atoms with Gasteiger partial charge in [-0.15, -0.1) is 0 Å². The molecule has 2 rings (SSSR count). The molecule has 2 aliphatic heterocycles. The number of hydroxylamine groups is 2. The summed E-state index contributed by atoms with van der Waals surface area (Å²) in [6.07, 6.45) is 0.739. The Morgan fingerprint density at radius 3 is 2.95 bits per heavy atom. The van der Waals surface area contributed by atoms with Crippen LogP contribution in [0.4, 0.5) is 0 Å². The minimum atomic E-state index is -1.08. The second kappa shape index (κ2) is 7.69. The van der Waals surface area contributed by atoms with Crippen molar-refractivity contribution >= 4 is 8.38 Å². The zero-order chi connectivity index (χ0) is 13.2. The maximum Gasteiger partial charge on any atom is 0.168 e. The van der Waals surface area contributed by atoms with E-state index in [0.29, 0.717) is 6.54 Å². The summed E-state index contributed by atoms with van der Waals surface area (Å²) in [6, 6.07) is 1.94. The monoisotopic (exact) mass is 511 g/mol. The van der Waals surface area contributed by atoms with E-state index in [9.17, 15) is 0 Å². The number of fused-ring (bicyclic) bond motifs is 2. The van der Waals surface area contributed by atoms with E-state index in [1.807, 2.05) is 17.8 Å². The molecule has 106 valence electrons. The molecule has 0 N–H and O–H groups in total. The average molecular weight is 511 g/mol. The largest absolute Gasteiger partial charge is 0.543 e. The number of nitriles is 1. The molecule has 0 aromatic heterocycles. The van der Waals surface area contributed by atoms with Gasteiger partial charge in [-0.3, -0.25) is 0 Å². The molecular formula is C11H18N2O4PU-. The van der Waals surface area contributed by atoms with Gasteiger partial charge in [-0.25, -0.2) is 5.06 Å². The Balaban J connectivity index is 0.00000180. The van der Waals surface area contributed by atoms with Gasteiger partial charge in [0.2, 0.25) is 0 Å². The van der Waals surface area contributed by atoms with Crippen molar-refractivity contribution < 1.29 is 49.7 Å². The topological polar surface area (TPSA) is 64.0 Å². The van der Waals surface area contributed by atoms with E-state index in [2.05, 4.69) is 6.92 Å². The van der Waals surface area contributed by atoms with Crippen LogP contribution in [0.5, 0.6) is 0 Å². The molecule has 0 saturated carbocycles. The summed E-state index contributed by atoms with van der Waals surface area (Å²) in [5.41, 5.74) is -0.354. The Hall–Kier alpha value is 0.772. The summed E-state index contributed by atoms with van der Waals surface area (Å²) >= 11 is 0. The van der Waals surface area contributed by atoms with Crippen molar-refractivity contribution in [3.05, 3.63) is 6.61 Å². The molecule has 0 aromatic carbocycles. The molecule has 2 heterocycles. The minimum absolute atomic E-state index is 0. The summed E-state index contributed by atoms with van der Waals surface area (Å²) in [7, 11) is 0.572. The van der Waals surface area contributed by atoms with Gasteiger partial charge in [0.1, 0.15) is 6.61 Å². The molecule has 1 unspecified atom stereocenters. The molecule has 0 amide bonds. The van der Waals surface area contributed by atoms with Crippen molar-refractivity contribution in [1.82, 2.24) is 5.06 Å². The van der Waals surface area contributed by atoms with E-state index in [1.165, 1.54) is 0 Å². The van der Waals surface area contributed by atoms with Crippen LogP contribution in [0.2, 0.25) is 0 Å². The molecule has 2 aliphatic rings. The molecule has 2 saturated heterocycles. The van der Waals surface area contributed by atoms with Gasteiger partial charge in [0.25, 0.3) is 0 Å². The quantitative estimate of drug-likeness (QED) is 0.398. The zero-order valence-electron chi connectivity index (χ0n) is 11.3. The summed E-state index contributed by atoms with van der Waals surface area (Å²) in [4.78, 5) is 5.32. The van der Waals surface area contributed by atoms with Gasteiger partial charge in [-0.2, -0.15) is 11.9 Å². The number of ether oxygens (including phenoxy) is 1. The fourth-order valence-electron chi connectivity index (χ4n) is 2.42. The van der Waals surface area contributed by atoms with Gasteiger partial charge in [-0.05, 0) is 12.5 Å². The molecule has 8 heteroatoms. The first-order chi connectivity index (χ1) is 8.66. The Morgan fingerprint density at radius 1 is 1.63 bits per heavy atom. The van der Waals surface area contributed by atoms with E-state index in [1.54, 1.807) is 13.7 Å². The van der Waals surface area contributed by atoms with Gasteiger partial charge in [0.05, 0.1) is 31.4 Å². The van der Waals surface area contributed by atoms with Crippen LogP contribution in [0, 0.1) is 49.1 Å². The van der Waals surface area contributed by atoms with Gasteiger partial charge in [0.15, 0.2) is 8.38 Å². The molecule has 0 aromatic rings. The van der Waals surface area contributed by atoms with Crippen molar-refractivity contribution in [1.29, 1.82) is 5.26 Å². The Morgan fingerprint density at radius 2 is 2.37 bits per heavy atom. The second-order valence-corrected chi connectivity index (χ2v) is 5.67. The summed E-state index contributed by atoms with van der Waals surface area (Å²) < 4.78 is 17.0. The normalized spacial score (nSPS) is 34.8. The number of morpholine rings is 1. The van der Waals surface area contributed by atoms with Crippen LogP contribution in [-0.2, 0) is 18.6 Å². The van der Waals surface area contributed by atoms with Gasteiger partial charge in [0, 0.05) is 37.8 Å². The molecule has 4 atom stereocenters. The van der Waals surface area contributed by atoms with Crippen LogP contribution in [-0.4, -0.2) is 49.7 Å². The summed E-state index contributed by atoms with van der Waals surface area (Å²) in [5, 5.41) is 10.4. The molecule has 0 radical (unpaired) electrons. The van der Waals surface area contributed by atoms with Crippen LogP contribution >= 0.6 is 8.38 Å². The SMILES string of the molecule is CC[C@]12CN(OC)[C@H]([CH-]O1)[C@H]2OP(C)OCC#N.[U]. The minimum Gasteiger partial charge on any atom is -0.543 e. The zero-order valence-corrected chi connectivity index (χ0v) is 16.4. The van der Waals surface area contributed by atoms with E-state index >= 15 is 0 Å². The van der Waals surface area contributed by atoms with Crippen LogP contribution in [0.3, 0.4) is 0 Å². The second-order valence-electron chi connectivity index (χ2n) is 4.32. The smallest absolute Gasteiger partial charge is 0.168 e. The number of hydrogen-bond acceptors (Lipinski definition) is 6. The summed E-state index contributed by atoms with van der Waals surface area (Å²) in [5.74, 6) is 0. The molecule has 6 nitrogen and oxygen atoms in total. The third-order valence-electron chi connectivity index (χ3n) is 3.43. The average Bonchev–Trinajstić information content (AvgIpc) is 2.89. The van der Waals surface area contributed by atoms with Crippen molar-refractivity contribution in [2.45, 2.75) is 31.1 Å². The fraction of sp³-hybridized carbons (Fsp3) is 0.818. The third kappa shape index (κ3) is 3.51. The van der Waals surface area contributed by atoms with Gasteiger partial charge in [-0.1, -0.05) is 6.92 Å².